The first-order valence-corrected chi connectivity index (χ1v) is 5.28. The molecule has 2 rings (SSSR count). The molecule has 2 aromatic carbocycles. The van der Waals surface area contributed by atoms with Crippen LogP contribution < -0.4 is 4.74 Å². The molecule has 0 amide bonds. The SMILES string of the molecule is O=Cc1ccccc1Oc1ccc([N+](=O)[O-])cc1F. The van der Waals surface area contributed by atoms with Crippen LogP contribution >= 0.6 is 0 Å². The van der Waals surface area contributed by atoms with Crippen molar-refractivity contribution < 1.29 is 18.8 Å². The van der Waals surface area contributed by atoms with Crippen molar-refractivity contribution in [1.82, 2.24) is 0 Å². The van der Waals surface area contributed by atoms with E-state index in [1.807, 2.05) is 0 Å². The van der Waals surface area contributed by atoms with E-state index in [1.54, 1.807) is 12.1 Å². The predicted octanol–water partition coefficient (Wildman–Crippen LogP) is 3.34. The summed E-state index contributed by atoms with van der Waals surface area (Å²) in [5.41, 5.74) is -0.103. The summed E-state index contributed by atoms with van der Waals surface area (Å²) in [6.07, 6.45) is 0.582. The Labute approximate surface area is 107 Å². The highest BCUT2D eigenvalue weighted by Crippen LogP contribution is 2.28. The monoisotopic (exact) mass is 261 g/mol. The van der Waals surface area contributed by atoms with E-state index in [4.69, 9.17) is 4.74 Å². The number of hydrogen-bond donors (Lipinski definition) is 0. The third-order valence-corrected chi connectivity index (χ3v) is 2.39. The molecule has 0 bridgehead atoms. The minimum absolute atomic E-state index is 0.181. The van der Waals surface area contributed by atoms with Crippen LogP contribution in [0.5, 0.6) is 11.5 Å². The van der Waals surface area contributed by atoms with Gasteiger partial charge in [0.15, 0.2) is 17.9 Å². The zero-order valence-electron chi connectivity index (χ0n) is 9.58. The maximum atomic E-state index is 13.6. The smallest absolute Gasteiger partial charge is 0.272 e. The molecular formula is C13H8FNO4. The molecule has 0 aliphatic heterocycles. The Morgan fingerprint density at radius 1 is 1.16 bits per heavy atom. The summed E-state index contributed by atoms with van der Waals surface area (Å²) in [5.74, 6) is -0.861. The van der Waals surface area contributed by atoms with Gasteiger partial charge in [-0.1, -0.05) is 12.1 Å². The Morgan fingerprint density at radius 2 is 1.89 bits per heavy atom. The van der Waals surface area contributed by atoms with Crippen molar-refractivity contribution in [1.29, 1.82) is 0 Å². The molecule has 0 saturated heterocycles. The van der Waals surface area contributed by atoms with Gasteiger partial charge in [0.05, 0.1) is 16.6 Å². The van der Waals surface area contributed by atoms with Crippen molar-refractivity contribution in [2.75, 3.05) is 0 Å². The minimum Gasteiger partial charge on any atom is -0.454 e. The molecule has 19 heavy (non-hydrogen) atoms. The highest BCUT2D eigenvalue weighted by Gasteiger charge is 2.13. The predicted molar refractivity (Wildman–Crippen MR) is 65.0 cm³/mol. The Kier molecular flexibility index (Phi) is 3.51. The van der Waals surface area contributed by atoms with Crippen LogP contribution in [0.3, 0.4) is 0 Å². The highest BCUT2D eigenvalue weighted by atomic mass is 19.1. The number of non-ortho nitro benzene ring substituents is 1. The lowest BCUT2D eigenvalue weighted by Crippen LogP contribution is -1.94. The lowest BCUT2D eigenvalue weighted by atomic mass is 10.2. The second kappa shape index (κ2) is 5.26. The third-order valence-electron chi connectivity index (χ3n) is 2.39. The van der Waals surface area contributed by atoms with E-state index in [-0.39, 0.29) is 22.7 Å². The average molecular weight is 261 g/mol. The normalized spacial score (nSPS) is 9.95. The van der Waals surface area contributed by atoms with Gasteiger partial charge < -0.3 is 4.74 Å². The van der Waals surface area contributed by atoms with Crippen molar-refractivity contribution >= 4 is 12.0 Å². The van der Waals surface area contributed by atoms with Crippen LogP contribution in [0.4, 0.5) is 10.1 Å². The van der Waals surface area contributed by atoms with Gasteiger partial charge in [-0.25, -0.2) is 4.39 Å². The molecule has 0 spiro atoms. The number of nitrogens with zero attached hydrogens (tertiary/aromatic N) is 1. The molecular weight excluding hydrogens is 253 g/mol. The second-order valence-corrected chi connectivity index (χ2v) is 3.63. The quantitative estimate of drug-likeness (QED) is 0.480. The standard InChI is InChI=1S/C13H8FNO4/c14-11-7-10(15(17)18)5-6-13(11)19-12-4-2-1-3-9(12)8-16/h1-8H. The maximum Gasteiger partial charge on any atom is 0.272 e. The molecule has 0 heterocycles. The topological polar surface area (TPSA) is 69.4 Å². The highest BCUT2D eigenvalue weighted by molar-refractivity contribution is 5.79. The van der Waals surface area contributed by atoms with Crippen LogP contribution in [-0.2, 0) is 0 Å². The van der Waals surface area contributed by atoms with Crippen LogP contribution in [0, 0.1) is 15.9 Å². The Morgan fingerprint density at radius 3 is 2.53 bits per heavy atom. The molecule has 0 atom stereocenters. The summed E-state index contributed by atoms with van der Waals surface area (Å²) in [6.45, 7) is 0. The lowest BCUT2D eigenvalue weighted by molar-refractivity contribution is -0.385. The van der Waals surface area contributed by atoms with Gasteiger partial charge in [-0.3, -0.25) is 14.9 Å². The van der Waals surface area contributed by atoms with E-state index in [9.17, 15) is 19.3 Å². The number of para-hydroxylation sites is 1. The van der Waals surface area contributed by atoms with Crippen molar-refractivity contribution in [3.8, 4) is 11.5 Å². The maximum absolute atomic E-state index is 13.6. The number of rotatable bonds is 4. The van der Waals surface area contributed by atoms with Crippen molar-refractivity contribution in [3.63, 3.8) is 0 Å². The number of nitro groups is 1. The van der Waals surface area contributed by atoms with Gasteiger partial charge in [-0.05, 0) is 18.2 Å². The molecule has 0 aliphatic rings. The van der Waals surface area contributed by atoms with Gasteiger partial charge >= 0.3 is 0 Å². The molecule has 0 aliphatic carbocycles. The summed E-state index contributed by atoms with van der Waals surface area (Å²) in [6, 6.07) is 9.33. The Hall–Kier alpha value is -2.76. The van der Waals surface area contributed by atoms with Crippen molar-refractivity contribution in [2.45, 2.75) is 0 Å². The largest absolute Gasteiger partial charge is 0.454 e. The minimum atomic E-state index is -0.866. The number of aldehydes is 1. The first kappa shape index (κ1) is 12.7. The number of benzene rings is 2. The Bertz CT molecular complexity index is 642. The van der Waals surface area contributed by atoms with E-state index in [2.05, 4.69) is 0 Å². The summed E-state index contributed by atoms with van der Waals surface area (Å²) in [7, 11) is 0. The van der Waals surface area contributed by atoms with Crippen molar-refractivity contribution in [3.05, 3.63) is 64.0 Å². The van der Waals surface area contributed by atoms with Crippen LogP contribution in [0.2, 0.25) is 0 Å². The van der Waals surface area contributed by atoms with Gasteiger partial charge in [-0.2, -0.15) is 0 Å². The number of halogens is 1. The number of nitro benzene ring substituents is 1. The number of ether oxygens (including phenoxy) is 1. The number of hydrogen-bond acceptors (Lipinski definition) is 4. The first-order chi connectivity index (χ1) is 9.11. The van der Waals surface area contributed by atoms with Gasteiger partial charge in [-0.15, -0.1) is 0 Å². The van der Waals surface area contributed by atoms with Crippen LogP contribution in [0.15, 0.2) is 42.5 Å². The second-order valence-electron chi connectivity index (χ2n) is 3.63. The lowest BCUT2D eigenvalue weighted by Gasteiger charge is -2.08. The van der Waals surface area contributed by atoms with Crippen LogP contribution in [-0.4, -0.2) is 11.2 Å². The van der Waals surface area contributed by atoms with E-state index in [0.717, 1.165) is 18.2 Å². The summed E-state index contributed by atoms with van der Waals surface area (Å²) in [5, 5.41) is 10.5. The molecule has 6 heteroatoms. The molecule has 0 fully saturated rings. The van der Waals surface area contributed by atoms with Gasteiger partial charge in [0, 0.05) is 6.07 Å². The van der Waals surface area contributed by atoms with E-state index < -0.39 is 10.7 Å². The zero-order chi connectivity index (χ0) is 13.8. The van der Waals surface area contributed by atoms with Gasteiger partial charge in [0.25, 0.3) is 5.69 Å². The van der Waals surface area contributed by atoms with E-state index in [1.165, 1.54) is 12.1 Å². The number of carbonyl (C=O) groups is 1. The summed E-state index contributed by atoms with van der Waals surface area (Å²) >= 11 is 0. The molecule has 2 aromatic rings. The first-order valence-electron chi connectivity index (χ1n) is 5.28. The zero-order valence-corrected chi connectivity index (χ0v) is 9.58. The fraction of sp³-hybridized carbons (Fsp3) is 0. The average Bonchev–Trinajstić information content (AvgIpc) is 2.41. The fourth-order valence-electron chi connectivity index (χ4n) is 1.48. The van der Waals surface area contributed by atoms with E-state index in [0.29, 0.717) is 6.29 Å². The molecule has 0 N–H and O–H groups in total. The molecule has 5 nitrogen and oxygen atoms in total. The van der Waals surface area contributed by atoms with Crippen LogP contribution in [0.25, 0.3) is 0 Å². The molecule has 0 unspecified atom stereocenters. The summed E-state index contributed by atoms with van der Waals surface area (Å²) < 4.78 is 18.9. The van der Waals surface area contributed by atoms with Crippen molar-refractivity contribution in [2.24, 2.45) is 0 Å². The molecule has 0 saturated carbocycles. The Balaban J connectivity index is 2.33. The fourth-order valence-corrected chi connectivity index (χ4v) is 1.48. The molecule has 96 valence electrons. The third kappa shape index (κ3) is 2.74. The van der Waals surface area contributed by atoms with Gasteiger partial charge in [0.1, 0.15) is 5.75 Å². The molecule has 0 aromatic heterocycles. The van der Waals surface area contributed by atoms with Gasteiger partial charge in [0.2, 0.25) is 0 Å². The molecule has 0 radical (unpaired) electrons. The number of carbonyl (C=O) groups excluding carboxylic acids is 1. The van der Waals surface area contributed by atoms with Crippen LogP contribution in [0.1, 0.15) is 10.4 Å². The van der Waals surface area contributed by atoms with E-state index >= 15 is 0 Å². The summed E-state index contributed by atoms with van der Waals surface area (Å²) in [4.78, 5) is 20.6.